The molecule has 21 heavy (non-hydrogen) atoms. The molecule has 0 bridgehead atoms. The SMILES string of the molecule is CC(C)(C)OC(=O)Nc1c(Cl)cc(C(=O)O)cc1[N+](=O)[O-]. The van der Waals surface area contributed by atoms with Gasteiger partial charge in [0, 0.05) is 6.07 Å². The van der Waals surface area contributed by atoms with Gasteiger partial charge in [0.25, 0.3) is 5.69 Å². The van der Waals surface area contributed by atoms with E-state index in [-0.39, 0.29) is 16.3 Å². The van der Waals surface area contributed by atoms with Crippen LogP contribution in [0.2, 0.25) is 5.02 Å². The number of rotatable bonds is 3. The largest absolute Gasteiger partial charge is 0.478 e. The molecule has 1 aromatic carbocycles. The number of hydrogen-bond donors (Lipinski definition) is 2. The van der Waals surface area contributed by atoms with Crippen molar-refractivity contribution < 1.29 is 24.4 Å². The predicted octanol–water partition coefficient (Wildman–Crippen LogP) is 3.29. The molecule has 0 aliphatic heterocycles. The van der Waals surface area contributed by atoms with Gasteiger partial charge in [0.05, 0.1) is 15.5 Å². The number of halogens is 1. The summed E-state index contributed by atoms with van der Waals surface area (Å²) in [5.41, 5.74) is -2.11. The number of benzene rings is 1. The predicted molar refractivity (Wildman–Crippen MR) is 74.9 cm³/mol. The van der Waals surface area contributed by atoms with Crippen molar-refractivity contribution in [1.29, 1.82) is 0 Å². The lowest BCUT2D eigenvalue weighted by Gasteiger charge is -2.20. The molecule has 0 aliphatic rings. The standard InChI is InChI=1S/C12H13ClN2O6/c1-12(2,3)21-11(18)14-9-7(13)4-6(10(16)17)5-8(9)15(19)20/h4-5H,1-3H3,(H,14,18)(H,16,17). The molecule has 0 heterocycles. The van der Waals surface area contributed by atoms with E-state index in [1.807, 2.05) is 0 Å². The zero-order chi connectivity index (χ0) is 16.4. The van der Waals surface area contributed by atoms with Crippen LogP contribution in [0.5, 0.6) is 0 Å². The Morgan fingerprint density at radius 3 is 2.38 bits per heavy atom. The van der Waals surface area contributed by atoms with E-state index in [1.54, 1.807) is 20.8 Å². The number of carbonyl (C=O) groups is 2. The van der Waals surface area contributed by atoms with E-state index in [0.717, 1.165) is 12.1 Å². The number of amides is 1. The number of carboxylic acid groups (broad SMARTS) is 1. The van der Waals surface area contributed by atoms with Gasteiger partial charge in [0.15, 0.2) is 0 Å². The Balaban J connectivity index is 3.20. The van der Waals surface area contributed by atoms with Gasteiger partial charge in [-0.2, -0.15) is 0 Å². The summed E-state index contributed by atoms with van der Waals surface area (Å²) in [5.74, 6) is -1.37. The quantitative estimate of drug-likeness (QED) is 0.652. The smallest absolute Gasteiger partial charge is 0.412 e. The lowest BCUT2D eigenvalue weighted by Crippen LogP contribution is -2.27. The van der Waals surface area contributed by atoms with Crippen molar-refractivity contribution in [2.45, 2.75) is 26.4 Å². The van der Waals surface area contributed by atoms with Crippen LogP contribution in [0.15, 0.2) is 12.1 Å². The number of carboxylic acids is 1. The maximum atomic E-state index is 11.6. The van der Waals surface area contributed by atoms with Crippen LogP contribution >= 0.6 is 11.6 Å². The maximum absolute atomic E-state index is 11.6. The van der Waals surface area contributed by atoms with Gasteiger partial charge in [-0.15, -0.1) is 0 Å². The van der Waals surface area contributed by atoms with Crippen LogP contribution in [-0.4, -0.2) is 27.7 Å². The zero-order valence-electron chi connectivity index (χ0n) is 11.5. The van der Waals surface area contributed by atoms with Crippen molar-refractivity contribution in [3.63, 3.8) is 0 Å². The topological polar surface area (TPSA) is 119 Å². The first-order valence-corrected chi connectivity index (χ1v) is 6.10. The Morgan fingerprint density at radius 1 is 1.38 bits per heavy atom. The van der Waals surface area contributed by atoms with Crippen molar-refractivity contribution in [1.82, 2.24) is 0 Å². The number of aromatic carboxylic acids is 1. The van der Waals surface area contributed by atoms with Crippen molar-refractivity contribution in [2.75, 3.05) is 5.32 Å². The summed E-state index contributed by atoms with van der Waals surface area (Å²) in [5, 5.41) is 21.7. The summed E-state index contributed by atoms with van der Waals surface area (Å²) in [6, 6.07) is 1.81. The first-order valence-electron chi connectivity index (χ1n) is 5.72. The van der Waals surface area contributed by atoms with Crippen LogP contribution in [-0.2, 0) is 4.74 Å². The van der Waals surface area contributed by atoms with E-state index >= 15 is 0 Å². The molecule has 8 nitrogen and oxygen atoms in total. The van der Waals surface area contributed by atoms with E-state index in [4.69, 9.17) is 21.4 Å². The minimum atomic E-state index is -1.37. The molecule has 0 spiro atoms. The van der Waals surface area contributed by atoms with Gasteiger partial charge in [0.2, 0.25) is 0 Å². The molecule has 0 aliphatic carbocycles. The summed E-state index contributed by atoms with van der Waals surface area (Å²) >= 11 is 5.80. The van der Waals surface area contributed by atoms with Gasteiger partial charge in [-0.3, -0.25) is 15.4 Å². The van der Waals surface area contributed by atoms with Crippen LogP contribution in [0.3, 0.4) is 0 Å². The summed E-state index contributed by atoms with van der Waals surface area (Å²) < 4.78 is 4.96. The van der Waals surface area contributed by atoms with E-state index in [0.29, 0.717) is 0 Å². The second-order valence-corrected chi connectivity index (χ2v) is 5.45. The van der Waals surface area contributed by atoms with E-state index in [9.17, 15) is 19.7 Å². The van der Waals surface area contributed by atoms with E-state index in [2.05, 4.69) is 5.32 Å². The maximum Gasteiger partial charge on any atom is 0.412 e. The lowest BCUT2D eigenvalue weighted by molar-refractivity contribution is -0.383. The molecule has 9 heteroatoms. The van der Waals surface area contributed by atoms with E-state index < -0.39 is 28.3 Å². The minimum absolute atomic E-state index is 0.271. The molecule has 0 fully saturated rings. The van der Waals surface area contributed by atoms with Crippen molar-refractivity contribution in [3.05, 3.63) is 32.8 Å². The third-order valence-electron chi connectivity index (χ3n) is 2.14. The molecule has 0 atom stereocenters. The second-order valence-electron chi connectivity index (χ2n) is 5.04. The van der Waals surface area contributed by atoms with E-state index in [1.165, 1.54) is 0 Å². The first kappa shape index (κ1) is 16.7. The first-order chi connectivity index (χ1) is 9.51. The van der Waals surface area contributed by atoms with Crippen molar-refractivity contribution in [3.8, 4) is 0 Å². The normalized spacial score (nSPS) is 10.9. The molecule has 0 saturated heterocycles. The second kappa shape index (κ2) is 5.96. The average molecular weight is 317 g/mol. The third kappa shape index (κ3) is 4.60. The summed E-state index contributed by atoms with van der Waals surface area (Å²) in [7, 11) is 0. The molecule has 1 amide bonds. The molecule has 2 N–H and O–H groups in total. The fourth-order valence-electron chi connectivity index (χ4n) is 1.39. The highest BCUT2D eigenvalue weighted by molar-refractivity contribution is 6.34. The number of carbonyl (C=O) groups excluding carboxylic acids is 1. The lowest BCUT2D eigenvalue weighted by atomic mass is 10.1. The van der Waals surface area contributed by atoms with Crippen LogP contribution < -0.4 is 5.32 Å². The average Bonchev–Trinajstić information content (AvgIpc) is 2.28. The van der Waals surface area contributed by atoms with Gasteiger partial charge in [0.1, 0.15) is 11.3 Å². The highest BCUT2D eigenvalue weighted by atomic mass is 35.5. The monoisotopic (exact) mass is 316 g/mol. The fourth-order valence-corrected chi connectivity index (χ4v) is 1.65. The van der Waals surface area contributed by atoms with Crippen LogP contribution in [0, 0.1) is 10.1 Å². The Kier molecular flexibility index (Phi) is 4.74. The number of nitro benzene ring substituents is 1. The molecular formula is C12H13ClN2O6. The van der Waals surface area contributed by atoms with Crippen LogP contribution in [0.1, 0.15) is 31.1 Å². The summed E-state index contributed by atoms with van der Waals surface area (Å²) in [6.45, 7) is 4.86. The van der Waals surface area contributed by atoms with Gasteiger partial charge in [-0.1, -0.05) is 11.6 Å². The Hall–Kier alpha value is -2.35. The number of ether oxygens (including phenoxy) is 1. The van der Waals surface area contributed by atoms with Gasteiger partial charge < -0.3 is 9.84 Å². The number of hydrogen-bond acceptors (Lipinski definition) is 5. The minimum Gasteiger partial charge on any atom is -0.478 e. The molecular weight excluding hydrogens is 304 g/mol. The van der Waals surface area contributed by atoms with Crippen LogP contribution in [0.4, 0.5) is 16.2 Å². The molecule has 0 saturated carbocycles. The number of nitrogens with one attached hydrogen (secondary N) is 1. The van der Waals surface area contributed by atoms with Crippen molar-refractivity contribution in [2.24, 2.45) is 0 Å². The van der Waals surface area contributed by atoms with Crippen molar-refractivity contribution >= 4 is 35.0 Å². The highest BCUT2D eigenvalue weighted by Crippen LogP contribution is 2.34. The molecule has 0 radical (unpaired) electrons. The molecule has 1 rings (SSSR count). The third-order valence-corrected chi connectivity index (χ3v) is 2.44. The van der Waals surface area contributed by atoms with Gasteiger partial charge >= 0.3 is 12.1 Å². The highest BCUT2D eigenvalue weighted by Gasteiger charge is 2.25. The Bertz CT molecular complexity index is 609. The molecule has 114 valence electrons. The zero-order valence-corrected chi connectivity index (χ0v) is 12.2. The summed E-state index contributed by atoms with van der Waals surface area (Å²) in [4.78, 5) is 32.6. The van der Waals surface area contributed by atoms with Gasteiger partial charge in [-0.25, -0.2) is 9.59 Å². The molecule has 0 aromatic heterocycles. The molecule has 1 aromatic rings. The number of anilines is 1. The van der Waals surface area contributed by atoms with Gasteiger partial charge in [-0.05, 0) is 26.8 Å². The number of nitro groups is 1. The molecule has 0 unspecified atom stereocenters. The Morgan fingerprint density at radius 2 is 1.95 bits per heavy atom. The Labute approximate surface area is 124 Å². The van der Waals surface area contributed by atoms with Crippen LogP contribution in [0.25, 0.3) is 0 Å². The fraction of sp³-hybridized carbons (Fsp3) is 0.333. The number of nitrogens with zero attached hydrogens (tertiary/aromatic N) is 1. The summed E-state index contributed by atoms with van der Waals surface area (Å²) in [6.07, 6.45) is -0.935.